The lowest BCUT2D eigenvalue weighted by molar-refractivity contribution is -0.138. The van der Waals surface area contributed by atoms with E-state index in [1.807, 2.05) is 62.3 Å². The van der Waals surface area contributed by atoms with Crippen LogP contribution >= 0.6 is 0 Å². The van der Waals surface area contributed by atoms with Crippen molar-refractivity contribution in [2.45, 2.75) is 104 Å². The van der Waals surface area contributed by atoms with Gasteiger partial charge in [-0.15, -0.1) is 0 Å². The number of hydrogen-bond donors (Lipinski definition) is 4. The van der Waals surface area contributed by atoms with Crippen LogP contribution in [0.3, 0.4) is 0 Å². The molecular weight excluding hydrogens is 761 g/mol. The molecule has 4 aliphatic heterocycles. The van der Waals surface area contributed by atoms with Gasteiger partial charge in [-0.1, -0.05) is 58.9 Å². The van der Waals surface area contributed by atoms with Crippen molar-refractivity contribution < 1.29 is 23.9 Å². The maximum absolute atomic E-state index is 13.8. The van der Waals surface area contributed by atoms with Gasteiger partial charge in [0.15, 0.2) is 0 Å². The minimum absolute atomic E-state index is 0.0451. The zero-order valence-electron chi connectivity index (χ0n) is 35.2. The number of imidazole rings is 2. The molecule has 2 aromatic heterocycles. The molecule has 0 saturated carbocycles. The summed E-state index contributed by atoms with van der Waals surface area (Å²) in [6, 6.07) is 6.73. The standard InChI is InChI=1S/C45H54N10O5/c1-7-36(56)52-37(24(2)3)43(57)54-20-8-11-35(54)42-49-23-33(51-42)31-15-12-26(29-16-18-47-40(29)31)28-14-13-27(30-17-19-46-39(28)30)32-22-48-41(50-32)34-10-9-21-55(34)44(58)38(25(4)5)53-45(59)60-6/h12-15,18-19,22-25,34-35,37-38H,7-11,16-17,20-21H2,1-6H3,(H,48,50)(H,49,51)(H,52,56)(H,53,59)/t34-,35-,37-,38-/m0/s1. The summed E-state index contributed by atoms with van der Waals surface area (Å²) in [6.45, 7) is 10.7. The van der Waals surface area contributed by atoms with Crippen LogP contribution in [-0.4, -0.2) is 98.3 Å². The highest BCUT2D eigenvalue weighted by Gasteiger charge is 2.39. The average Bonchev–Trinajstić information content (AvgIpc) is 4.10. The smallest absolute Gasteiger partial charge is 0.407 e. The van der Waals surface area contributed by atoms with Crippen LogP contribution in [0.1, 0.15) is 102 Å². The van der Waals surface area contributed by atoms with Crippen molar-refractivity contribution in [3.05, 3.63) is 59.4 Å². The van der Waals surface area contributed by atoms with Gasteiger partial charge < -0.3 is 35.1 Å². The zero-order valence-corrected chi connectivity index (χ0v) is 35.2. The van der Waals surface area contributed by atoms with Gasteiger partial charge in [-0.2, -0.15) is 0 Å². The predicted molar refractivity (Wildman–Crippen MR) is 229 cm³/mol. The molecule has 0 spiro atoms. The van der Waals surface area contributed by atoms with Gasteiger partial charge in [-0.25, -0.2) is 14.8 Å². The first-order valence-corrected chi connectivity index (χ1v) is 21.2. The Morgan fingerprint density at radius 2 is 1.20 bits per heavy atom. The number of H-pyrrole nitrogens is 2. The molecule has 2 saturated heterocycles. The number of aromatic amines is 2. The summed E-state index contributed by atoms with van der Waals surface area (Å²) in [5.74, 6) is 0.927. The van der Waals surface area contributed by atoms with Crippen LogP contribution in [0.2, 0.25) is 0 Å². The van der Waals surface area contributed by atoms with Gasteiger partial charge >= 0.3 is 6.09 Å². The minimum atomic E-state index is -0.705. The van der Waals surface area contributed by atoms with E-state index in [1.165, 1.54) is 7.11 Å². The summed E-state index contributed by atoms with van der Waals surface area (Å²) in [4.78, 5) is 82.0. The summed E-state index contributed by atoms with van der Waals surface area (Å²) < 4.78 is 4.79. The number of nitrogens with one attached hydrogen (secondary N) is 4. The van der Waals surface area contributed by atoms with E-state index in [0.29, 0.717) is 38.2 Å². The molecule has 15 heteroatoms. The van der Waals surface area contributed by atoms with Crippen molar-refractivity contribution in [2.75, 3.05) is 20.2 Å². The van der Waals surface area contributed by atoms with Gasteiger partial charge in [-0.3, -0.25) is 24.4 Å². The molecule has 4 atom stereocenters. The zero-order chi connectivity index (χ0) is 42.2. The molecule has 4 aromatic rings. The molecule has 0 bridgehead atoms. The molecule has 15 nitrogen and oxygen atoms in total. The molecule has 0 unspecified atom stereocenters. The fourth-order valence-corrected chi connectivity index (χ4v) is 9.14. The molecular formula is C45H54N10O5. The van der Waals surface area contributed by atoms with E-state index in [2.05, 4.69) is 44.9 Å². The van der Waals surface area contributed by atoms with Crippen LogP contribution in [0.5, 0.6) is 0 Å². The molecule has 8 rings (SSSR count). The van der Waals surface area contributed by atoms with Gasteiger partial charge in [0.05, 0.1) is 54.3 Å². The fourth-order valence-electron chi connectivity index (χ4n) is 9.14. The number of carbonyl (C=O) groups is 4. The SMILES string of the molecule is CCC(=O)N[C@H](C(=O)N1CCC[C@H]1c1ncc(-c2ccc(-c3ccc(-c4cnc([C@@H]5CCCN5C(=O)[C@@H](NC(=O)OC)C(C)C)[nH]4)c4c3N=CC4)c3c2N=CC3)[nH]1)C(C)C. The number of methoxy groups -OCH3 is 1. The normalized spacial score (nSPS) is 18.9. The topological polar surface area (TPSA) is 190 Å². The van der Waals surface area contributed by atoms with Gasteiger partial charge in [0.2, 0.25) is 17.7 Å². The highest BCUT2D eigenvalue weighted by Crippen LogP contribution is 2.47. The lowest BCUT2D eigenvalue weighted by Crippen LogP contribution is -2.51. The third-order valence-corrected chi connectivity index (χ3v) is 12.3. The number of hydrogen-bond acceptors (Lipinski definition) is 9. The lowest BCUT2D eigenvalue weighted by Gasteiger charge is -2.30. The molecule has 0 aliphatic carbocycles. The van der Waals surface area contributed by atoms with Crippen LogP contribution in [-0.2, 0) is 32.0 Å². The molecule has 4 N–H and O–H groups in total. The second-order valence-electron chi connectivity index (χ2n) is 16.8. The largest absolute Gasteiger partial charge is 0.453 e. The molecule has 2 aromatic carbocycles. The number of aromatic nitrogens is 4. The third kappa shape index (κ3) is 7.49. The van der Waals surface area contributed by atoms with Crippen LogP contribution in [0, 0.1) is 11.8 Å². The Balaban J connectivity index is 1.04. The van der Waals surface area contributed by atoms with Crippen LogP contribution in [0.25, 0.3) is 33.6 Å². The summed E-state index contributed by atoms with van der Waals surface area (Å²) in [6.07, 6.45) is 11.9. The Labute approximate surface area is 349 Å². The highest BCUT2D eigenvalue weighted by atomic mass is 16.5. The first-order valence-electron chi connectivity index (χ1n) is 21.2. The Kier molecular flexibility index (Phi) is 11.4. The van der Waals surface area contributed by atoms with E-state index in [4.69, 9.17) is 24.7 Å². The van der Waals surface area contributed by atoms with Crippen LogP contribution in [0.4, 0.5) is 16.2 Å². The van der Waals surface area contributed by atoms with Gasteiger partial charge in [0.25, 0.3) is 0 Å². The van der Waals surface area contributed by atoms with E-state index in [9.17, 15) is 19.2 Å². The van der Waals surface area contributed by atoms with E-state index in [1.54, 1.807) is 6.92 Å². The summed E-state index contributed by atoms with van der Waals surface area (Å²) in [5.41, 5.74) is 9.76. The van der Waals surface area contributed by atoms with Crippen molar-refractivity contribution in [3.8, 4) is 33.6 Å². The molecule has 0 radical (unpaired) electrons. The highest BCUT2D eigenvalue weighted by molar-refractivity contribution is 5.98. The van der Waals surface area contributed by atoms with Gasteiger partial charge in [0.1, 0.15) is 23.7 Å². The number of aliphatic imine (C=N–C) groups is 2. The predicted octanol–water partition coefficient (Wildman–Crippen LogP) is 6.91. The third-order valence-electron chi connectivity index (χ3n) is 12.3. The second-order valence-corrected chi connectivity index (χ2v) is 16.8. The number of nitrogens with zero attached hydrogens (tertiary/aromatic N) is 6. The number of benzene rings is 2. The van der Waals surface area contributed by atoms with Gasteiger partial charge in [0, 0.05) is 61.5 Å². The summed E-state index contributed by atoms with van der Waals surface area (Å²) in [5, 5.41) is 5.65. The summed E-state index contributed by atoms with van der Waals surface area (Å²) >= 11 is 0. The number of likely N-dealkylation sites (tertiary alicyclic amines) is 2. The number of ether oxygens (including phenoxy) is 1. The molecule has 6 heterocycles. The number of rotatable bonds is 12. The maximum Gasteiger partial charge on any atom is 0.407 e. The van der Waals surface area contributed by atoms with Crippen LogP contribution in [0.15, 0.2) is 46.6 Å². The Bertz CT molecular complexity index is 2380. The lowest BCUT2D eigenvalue weighted by atomic mass is 9.90. The first kappa shape index (κ1) is 40.7. The number of carbonyl (C=O) groups excluding carboxylic acids is 4. The average molecular weight is 815 g/mol. The van der Waals surface area contributed by atoms with E-state index < -0.39 is 18.2 Å². The molecule has 2 fully saturated rings. The van der Waals surface area contributed by atoms with E-state index in [0.717, 1.165) is 87.7 Å². The molecule has 4 amide bonds. The monoisotopic (exact) mass is 814 g/mol. The first-order chi connectivity index (χ1) is 29.0. The number of fused-ring (bicyclic) bond motifs is 2. The Morgan fingerprint density at radius 1 is 0.717 bits per heavy atom. The number of alkyl carbamates (subject to hydrolysis) is 1. The van der Waals surface area contributed by atoms with Crippen molar-refractivity contribution in [1.82, 2.24) is 40.4 Å². The second kappa shape index (κ2) is 16.9. The fraction of sp³-hybridized carbons (Fsp3) is 0.467. The maximum atomic E-state index is 13.8. The molecule has 4 aliphatic rings. The quantitative estimate of drug-likeness (QED) is 0.120. The van der Waals surface area contributed by atoms with Gasteiger partial charge in [-0.05, 0) is 54.2 Å². The summed E-state index contributed by atoms with van der Waals surface area (Å²) in [7, 11) is 1.29. The van der Waals surface area contributed by atoms with E-state index >= 15 is 0 Å². The number of amides is 4. The van der Waals surface area contributed by atoms with Crippen molar-refractivity contribution in [2.24, 2.45) is 21.8 Å². The minimum Gasteiger partial charge on any atom is -0.453 e. The van der Waals surface area contributed by atoms with E-state index in [-0.39, 0.29) is 41.6 Å². The molecule has 60 heavy (non-hydrogen) atoms. The van der Waals surface area contributed by atoms with Crippen molar-refractivity contribution in [1.29, 1.82) is 0 Å². The Hall–Kier alpha value is -6.12. The van der Waals surface area contributed by atoms with Crippen molar-refractivity contribution in [3.63, 3.8) is 0 Å². The Morgan fingerprint density at radius 3 is 1.75 bits per heavy atom. The molecule has 314 valence electrons. The van der Waals surface area contributed by atoms with Crippen LogP contribution < -0.4 is 10.6 Å². The van der Waals surface area contributed by atoms with Crippen molar-refractivity contribution >= 4 is 47.6 Å².